The third-order valence-electron chi connectivity index (χ3n) is 18.0. The van der Waals surface area contributed by atoms with E-state index in [-0.39, 0.29) is 61.6 Å². The van der Waals surface area contributed by atoms with E-state index in [1.54, 1.807) is 13.8 Å². The molecule has 4 aliphatic carbocycles. The summed E-state index contributed by atoms with van der Waals surface area (Å²) in [7, 11) is 0. The van der Waals surface area contributed by atoms with Crippen molar-refractivity contribution in [3.63, 3.8) is 0 Å². The van der Waals surface area contributed by atoms with Gasteiger partial charge in [-0.05, 0) is 94.5 Å². The fourth-order valence-electron chi connectivity index (χ4n) is 14.3. The molecule has 8 fully saturated rings. The van der Waals surface area contributed by atoms with E-state index in [1.807, 2.05) is 6.92 Å². The summed E-state index contributed by atoms with van der Waals surface area (Å²) in [5.74, 6) is -0.120. The van der Waals surface area contributed by atoms with Crippen LogP contribution in [0.1, 0.15) is 105 Å². The van der Waals surface area contributed by atoms with Gasteiger partial charge in [-0.2, -0.15) is 0 Å². The van der Waals surface area contributed by atoms with E-state index in [0.717, 1.165) is 50.5 Å². The minimum absolute atomic E-state index is 0.00941. The number of aliphatic hydroxyl groups is 9. The second kappa shape index (κ2) is 18.9. The molecule has 0 aromatic heterocycles. The van der Waals surface area contributed by atoms with Gasteiger partial charge in [-0.1, -0.05) is 13.8 Å². The SMILES string of the molecule is C[C@H]1O[C@H](O[C@H]2C[C@@H](O[C@H]3CC[C@]4(C)[C@H](CC[C@@H]5[C@H]4CC[C@]4(C)[C@H](C6=CC(=O)OC6)[C@@H](O)C[C@@]54O)C3)O[C@H](C)[C@H]2O[C@@H]2C[C@H](O)[C@H](O)[C@@H](C)O2)C[C@H](O[C@@H]2O[C@H](CO)[C@@H](O)[C@H](O)[C@H]2O)[C@@H]1O. The third kappa shape index (κ3) is 8.75. The number of esters is 1. The number of cyclic esters (lactones) is 1. The van der Waals surface area contributed by atoms with Crippen LogP contribution in [0.15, 0.2) is 11.6 Å². The van der Waals surface area contributed by atoms with Crippen LogP contribution >= 0.6 is 0 Å². The molecule has 9 aliphatic rings. The number of hydrogen-bond donors (Lipinski definition) is 9. The highest BCUT2D eigenvalue weighted by Crippen LogP contribution is 2.70. The molecule has 19 heteroatoms. The standard InChI is InChI=1S/C47H74O19/c1-20-38(52)28(49)14-34(59-20)66-43-22(3)61-35(16-31(43)63-36-15-30(39(53)21(2)60-36)64-44-42(56)41(55)40(54)32(18-48)65-44)62-25-8-10-45(4)24(13-25)6-7-27-26(45)9-11-46(5)37(23-12-33(51)58-19-23)29(50)17-47(27,46)57/h12,20-22,24-32,34-44,48-50,52-57H,6-11,13-19H2,1-5H3/t20-,21-,22-,24-,25+,26-,27-,28+,29+,30+,31+,32-,34-,35-,36-,37-,38-,39-,40-,41+,42-,43-,44-,45-,46-,47-/m1/s1. The van der Waals surface area contributed by atoms with Crippen molar-refractivity contribution in [2.45, 2.75) is 228 Å². The van der Waals surface area contributed by atoms with Gasteiger partial charge in [-0.25, -0.2) is 4.79 Å². The normalized spacial score (nSPS) is 55.3. The lowest BCUT2D eigenvalue weighted by Crippen LogP contribution is -2.62. The van der Waals surface area contributed by atoms with Gasteiger partial charge in [-0.15, -0.1) is 0 Å². The van der Waals surface area contributed by atoms with Gasteiger partial charge in [0, 0.05) is 43.1 Å². The fraction of sp³-hybridized carbons (Fsp3) is 0.936. The number of fused-ring (bicyclic) bond motifs is 5. The first-order valence-electron chi connectivity index (χ1n) is 24.4. The van der Waals surface area contributed by atoms with Crippen molar-refractivity contribution in [1.82, 2.24) is 0 Å². The highest BCUT2D eigenvalue weighted by atomic mass is 16.8. The Morgan fingerprint density at radius 1 is 0.667 bits per heavy atom. The van der Waals surface area contributed by atoms with Crippen LogP contribution in [0.5, 0.6) is 0 Å². The predicted molar refractivity (Wildman–Crippen MR) is 225 cm³/mol. The first kappa shape index (κ1) is 49.5. The van der Waals surface area contributed by atoms with Crippen molar-refractivity contribution >= 4 is 5.97 Å². The van der Waals surface area contributed by atoms with E-state index in [4.69, 9.17) is 42.6 Å². The second-order valence-electron chi connectivity index (χ2n) is 21.7. The summed E-state index contributed by atoms with van der Waals surface area (Å²) in [5.41, 5.74) is -0.918. The largest absolute Gasteiger partial charge is 0.458 e. The van der Waals surface area contributed by atoms with Gasteiger partial charge >= 0.3 is 5.97 Å². The average Bonchev–Trinajstić information content (AvgIpc) is 3.78. The lowest BCUT2D eigenvalue weighted by atomic mass is 9.43. The van der Waals surface area contributed by atoms with Gasteiger partial charge < -0.3 is 88.6 Å². The Labute approximate surface area is 385 Å². The van der Waals surface area contributed by atoms with Crippen molar-refractivity contribution in [2.75, 3.05) is 13.2 Å². The van der Waals surface area contributed by atoms with Crippen molar-refractivity contribution in [1.29, 1.82) is 0 Å². The molecule has 26 atom stereocenters. The molecular weight excluding hydrogens is 868 g/mol. The summed E-state index contributed by atoms with van der Waals surface area (Å²) >= 11 is 0. The van der Waals surface area contributed by atoms with Crippen LogP contribution in [-0.4, -0.2) is 187 Å². The first-order valence-corrected chi connectivity index (χ1v) is 24.4. The molecule has 0 spiro atoms. The monoisotopic (exact) mass is 942 g/mol. The Balaban J connectivity index is 0.877. The summed E-state index contributed by atoms with van der Waals surface area (Å²) in [5, 5.41) is 97.4. The molecular formula is C47H74O19. The molecule has 376 valence electrons. The highest BCUT2D eigenvalue weighted by Gasteiger charge is 2.70. The number of hydrogen-bond acceptors (Lipinski definition) is 19. The molecule has 4 saturated heterocycles. The van der Waals surface area contributed by atoms with E-state index in [1.165, 1.54) is 6.08 Å². The van der Waals surface area contributed by atoms with Crippen LogP contribution in [-0.2, 0) is 47.4 Å². The maximum absolute atomic E-state index is 12.7. The van der Waals surface area contributed by atoms with E-state index < -0.39 is 134 Å². The minimum Gasteiger partial charge on any atom is -0.458 e. The quantitative estimate of drug-likeness (QED) is 0.103. The van der Waals surface area contributed by atoms with Gasteiger partial charge in [0.25, 0.3) is 0 Å². The maximum atomic E-state index is 12.7. The van der Waals surface area contributed by atoms with Gasteiger partial charge in [0.05, 0.1) is 61.0 Å². The van der Waals surface area contributed by atoms with Crippen LogP contribution in [0.2, 0.25) is 0 Å². The molecule has 5 aliphatic heterocycles. The van der Waals surface area contributed by atoms with E-state index in [2.05, 4.69) is 13.8 Å². The van der Waals surface area contributed by atoms with Crippen LogP contribution in [0.3, 0.4) is 0 Å². The van der Waals surface area contributed by atoms with Gasteiger partial charge in [-0.3, -0.25) is 0 Å². The lowest BCUT2D eigenvalue weighted by Gasteiger charge is -2.63. The van der Waals surface area contributed by atoms with E-state index in [9.17, 15) is 50.8 Å². The summed E-state index contributed by atoms with van der Waals surface area (Å²) in [6.07, 6.45) is -11.3. The number of carbonyl (C=O) groups is 1. The molecule has 19 nitrogen and oxygen atoms in total. The maximum Gasteiger partial charge on any atom is 0.331 e. The Kier molecular flexibility index (Phi) is 14.2. The first-order chi connectivity index (χ1) is 31.2. The number of aliphatic hydroxyl groups excluding tert-OH is 8. The highest BCUT2D eigenvalue weighted by molar-refractivity contribution is 5.85. The van der Waals surface area contributed by atoms with E-state index in [0.29, 0.717) is 5.92 Å². The second-order valence-corrected chi connectivity index (χ2v) is 21.7. The Hall–Kier alpha value is -1.47. The van der Waals surface area contributed by atoms with Gasteiger partial charge in [0.1, 0.15) is 49.3 Å². The van der Waals surface area contributed by atoms with Crippen LogP contribution in [0.25, 0.3) is 0 Å². The molecule has 0 bridgehead atoms. The van der Waals surface area contributed by atoms with Crippen molar-refractivity contribution in [3.8, 4) is 0 Å². The fourth-order valence-corrected chi connectivity index (χ4v) is 14.3. The molecule has 4 saturated carbocycles. The van der Waals surface area contributed by atoms with Crippen molar-refractivity contribution in [2.24, 2.45) is 34.5 Å². The number of ether oxygens (including phenoxy) is 9. The molecule has 0 aromatic rings. The zero-order valence-corrected chi connectivity index (χ0v) is 38.7. The Morgan fingerprint density at radius 3 is 2.05 bits per heavy atom. The molecule has 0 unspecified atom stereocenters. The van der Waals surface area contributed by atoms with Crippen LogP contribution < -0.4 is 0 Å². The van der Waals surface area contributed by atoms with Crippen molar-refractivity contribution < 1.29 is 93.4 Å². The van der Waals surface area contributed by atoms with Crippen LogP contribution in [0.4, 0.5) is 0 Å². The topological polar surface area (TPSA) is 282 Å². The average molecular weight is 943 g/mol. The smallest absolute Gasteiger partial charge is 0.331 e. The summed E-state index contributed by atoms with van der Waals surface area (Å²) in [6.45, 7) is 9.12. The predicted octanol–water partition coefficient (Wildman–Crippen LogP) is 0.0423. The summed E-state index contributed by atoms with van der Waals surface area (Å²) in [4.78, 5) is 12.1. The Bertz CT molecular complexity index is 1740. The van der Waals surface area contributed by atoms with E-state index >= 15 is 0 Å². The molecule has 9 N–H and O–H groups in total. The molecule has 0 radical (unpaired) electrons. The third-order valence-corrected chi connectivity index (χ3v) is 18.0. The Morgan fingerprint density at radius 2 is 1.35 bits per heavy atom. The summed E-state index contributed by atoms with van der Waals surface area (Å²) in [6, 6.07) is 0. The molecule has 0 amide bonds. The summed E-state index contributed by atoms with van der Waals surface area (Å²) < 4.78 is 55.5. The number of rotatable bonds is 10. The molecule has 9 rings (SSSR count). The minimum atomic E-state index is -1.68. The molecule has 66 heavy (non-hydrogen) atoms. The molecule has 0 aromatic carbocycles. The van der Waals surface area contributed by atoms with Gasteiger partial charge in [0.15, 0.2) is 25.2 Å². The van der Waals surface area contributed by atoms with Crippen molar-refractivity contribution in [3.05, 3.63) is 11.6 Å². The zero-order valence-electron chi connectivity index (χ0n) is 38.7. The zero-order chi connectivity index (χ0) is 47.2. The van der Waals surface area contributed by atoms with Gasteiger partial charge in [0.2, 0.25) is 0 Å². The van der Waals surface area contributed by atoms with Crippen LogP contribution in [0, 0.1) is 34.5 Å². The lowest BCUT2D eigenvalue weighted by molar-refractivity contribution is -0.357. The number of carbonyl (C=O) groups excluding carboxylic acids is 1. The molecule has 5 heterocycles.